The van der Waals surface area contributed by atoms with E-state index in [1.165, 1.54) is 6.92 Å². The van der Waals surface area contributed by atoms with Crippen LogP contribution in [0, 0.1) is 24.0 Å². The molecule has 0 unspecified atom stereocenters. The highest BCUT2D eigenvalue weighted by Gasteiger charge is 2.21. The van der Waals surface area contributed by atoms with Gasteiger partial charge in [-0.15, -0.1) is 11.3 Å². The molecule has 0 aromatic carbocycles. The summed E-state index contributed by atoms with van der Waals surface area (Å²) in [6.45, 7) is 3.99. The zero-order valence-electron chi connectivity index (χ0n) is 10.3. The number of hydrogen-bond donors (Lipinski definition) is 1. The van der Waals surface area contributed by atoms with Crippen LogP contribution in [-0.4, -0.2) is 14.9 Å². The van der Waals surface area contributed by atoms with Gasteiger partial charge in [0.15, 0.2) is 0 Å². The Morgan fingerprint density at radius 1 is 1.47 bits per heavy atom. The molecule has 0 amide bonds. The molecule has 0 spiro atoms. The van der Waals surface area contributed by atoms with Gasteiger partial charge in [-0.3, -0.25) is 10.1 Å². The molecule has 6 nitrogen and oxygen atoms in total. The molecule has 0 atom stereocenters. The molecular formula is C11H11ClN4O2S. The van der Waals surface area contributed by atoms with Gasteiger partial charge in [0.2, 0.25) is 11.1 Å². The van der Waals surface area contributed by atoms with Crippen LogP contribution in [0.1, 0.15) is 16.1 Å². The maximum atomic E-state index is 11.0. The molecule has 0 bridgehead atoms. The fraction of sp³-hybridized carbons (Fsp3) is 0.273. The lowest BCUT2D eigenvalue weighted by Crippen LogP contribution is -2.07. The van der Waals surface area contributed by atoms with Crippen molar-refractivity contribution in [1.82, 2.24) is 9.97 Å². The van der Waals surface area contributed by atoms with Gasteiger partial charge in [0, 0.05) is 4.88 Å². The third kappa shape index (κ3) is 2.99. The highest BCUT2D eigenvalue weighted by Crippen LogP contribution is 2.27. The zero-order chi connectivity index (χ0) is 14.0. The Morgan fingerprint density at radius 3 is 2.79 bits per heavy atom. The Balaban J connectivity index is 2.29. The first-order chi connectivity index (χ1) is 8.99. The van der Waals surface area contributed by atoms with Crippen molar-refractivity contribution < 1.29 is 4.92 Å². The number of anilines is 1. The van der Waals surface area contributed by atoms with Crippen molar-refractivity contribution in [3.63, 3.8) is 0 Å². The number of hydrogen-bond acceptors (Lipinski definition) is 6. The van der Waals surface area contributed by atoms with E-state index >= 15 is 0 Å². The van der Waals surface area contributed by atoms with Gasteiger partial charge in [0.25, 0.3) is 0 Å². The Bertz CT molecular complexity index is 629. The molecule has 2 heterocycles. The average Bonchev–Trinajstić information content (AvgIpc) is 2.70. The van der Waals surface area contributed by atoms with E-state index in [0.29, 0.717) is 6.54 Å². The highest BCUT2D eigenvalue weighted by molar-refractivity contribution is 7.10. The zero-order valence-corrected chi connectivity index (χ0v) is 11.9. The average molecular weight is 299 g/mol. The number of thiophene rings is 1. The molecule has 100 valence electrons. The molecule has 0 saturated carbocycles. The lowest BCUT2D eigenvalue weighted by molar-refractivity contribution is -0.385. The first-order valence-corrected chi connectivity index (χ1v) is 6.70. The fourth-order valence-electron chi connectivity index (χ4n) is 1.62. The molecule has 0 aliphatic rings. The number of nitro groups is 1. The van der Waals surface area contributed by atoms with Crippen LogP contribution in [0.5, 0.6) is 0 Å². The summed E-state index contributed by atoms with van der Waals surface area (Å²) >= 11 is 7.32. The summed E-state index contributed by atoms with van der Waals surface area (Å²) < 4.78 is 0. The molecule has 1 N–H and O–H groups in total. The van der Waals surface area contributed by atoms with Crippen LogP contribution in [0.25, 0.3) is 0 Å². The second kappa shape index (κ2) is 5.50. The van der Waals surface area contributed by atoms with Gasteiger partial charge in [0.1, 0.15) is 5.69 Å². The van der Waals surface area contributed by atoms with E-state index in [4.69, 9.17) is 11.6 Å². The Hall–Kier alpha value is -1.73. The van der Waals surface area contributed by atoms with Gasteiger partial charge < -0.3 is 5.32 Å². The monoisotopic (exact) mass is 298 g/mol. The van der Waals surface area contributed by atoms with Crippen molar-refractivity contribution in [2.75, 3.05) is 5.32 Å². The van der Waals surface area contributed by atoms with Crippen LogP contribution in [0.4, 0.5) is 11.5 Å². The molecule has 19 heavy (non-hydrogen) atoms. The predicted octanol–water partition coefficient (Wildman–Crippen LogP) is 3.33. The van der Waals surface area contributed by atoms with Crippen LogP contribution in [0.2, 0.25) is 5.28 Å². The molecule has 8 heteroatoms. The van der Waals surface area contributed by atoms with Crippen molar-refractivity contribution in [2.24, 2.45) is 0 Å². The molecule has 0 radical (unpaired) electrons. The minimum Gasteiger partial charge on any atom is -0.359 e. The minimum absolute atomic E-state index is 0.00602. The molecule has 0 aliphatic heterocycles. The van der Waals surface area contributed by atoms with Crippen LogP contribution in [-0.2, 0) is 6.54 Å². The lowest BCUT2D eigenvalue weighted by atomic mass is 10.3. The number of nitrogens with one attached hydrogen (secondary N) is 1. The molecule has 0 fully saturated rings. The van der Waals surface area contributed by atoms with E-state index in [2.05, 4.69) is 15.3 Å². The largest absolute Gasteiger partial charge is 0.359 e. The smallest absolute Gasteiger partial charge is 0.332 e. The van der Waals surface area contributed by atoms with Crippen molar-refractivity contribution in [2.45, 2.75) is 20.4 Å². The number of halogens is 1. The summed E-state index contributed by atoms with van der Waals surface area (Å²) in [4.78, 5) is 19.3. The molecule has 2 aromatic rings. The SMILES string of the molecule is Cc1ccsc1CNc1nc(Cl)nc(C)c1[N+](=O)[O-]. The summed E-state index contributed by atoms with van der Waals surface area (Å²) in [6.07, 6.45) is 0. The maximum Gasteiger partial charge on any atom is 0.332 e. The van der Waals surface area contributed by atoms with Gasteiger partial charge in [-0.05, 0) is 42.5 Å². The van der Waals surface area contributed by atoms with E-state index in [-0.39, 0.29) is 22.5 Å². The van der Waals surface area contributed by atoms with Gasteiger partial charge in [-0.25, -0.2) is 4.98 Å². The normalized spacial score (nSPS) is 10.5. The second-order valence-corrected chi connectivity index (χ2v) is 5.25. The molecular weight excluding hydrogens is 288 g/mol. The van der Waals surface area contributed by atoms with E-state index in [0.717, 1.165) is 10.4 Å². The third-order valence-electron chi connectivity index (χ3n) is 2.60. The summed E-state index contributed by atoms with van der Waals surface area (Å²) in [5.74, 6) is 0.148. The lowest BCUT2D eigenvalue weighted by Gasteiger charge is -2.07. The van der Waals surface area contributed by atoms with Gasteiger partial charge in [-0.1, -0.05) is 0 Å². The highest BCUT2D eigenvalue weighted by atomic mass is 35.5. The van der Waals surface area contributed by atoms with Crippen molar-refractivity contribution in [3.05, 3.63) is 43.0 Å². The minimum atomic E-state index is -0.505. The van der Waals surface area contributed by atoms with E-state index < -0.39 is 4.92 Å². The molecule has 2 rings (SSSR count). The van der Waals surface area contributed by atoms with Gasteiger partial charge in [-0.2, -0.15) is 4.98 Å². The summed E-state index contributed by atoms with van der Waals surface area (Å²) in [7, 11) is 0. The van der Waals surface area contributed by atoms with Crippen LogP contribution >= 0.6 is 22.9 Å². The molecule has 2 aromatic heterocycles. The standard InChI is InChI=1S/C11H11ClN4O2S/c1-6-3-4-19-8(6)5-13-10-9(16(17)18)7(2)14-11(12)15-10/h3-4H,5H2,1-2H3,(H,13,14,15). The van der Waals surface area contributed by atoms with Crippen molar-refractivity contribution in [3.8, 4) is 0 Å². The summed E-state index contributed by atoms with van der Waals surface area (Å²) in [5.41, 5.74) is 1.24. The topological polar surface area (TPSA) is 81.0 Å². The Morgan fingerprint density at radius 2 is 2.21 bits per heavy atom. The first-order valence-electron chi connectivity index (χ1n) is 5.44. The van der Waals surface area contributed by atoms with Gasteiger partial charge >= 0.3 is 5.69 Å². The number of rotatable bonds is 4. The maximum absolute atomic E-state index is 11.0. The first kappa shape index (κ1) is 13.7. The van der Waals surface area contributed by atoms with E-state index in [1.807, 2.05) is 18.4 Å². The number of aryl methyl sites for hydroxylation is 2. The third-order valence-corrected chi connectivity index (χ3v) is 3.79. The number of nitrogens with zero attached hydrogens (tertiary/aromatic N) is 3. The predicted molar refractivity (Wildman–Crippen MR) is 74.8 cm³/mol. The van der Waals surface area contributed by atoms with Crippen LogP contribution in [0.3, 0.4) is 0 Å². The quantitative estimate of drug-likeness (QED) is 0.532. The molecule has 0 aliphatic carbocycles. The summed E-state index contributed by atoms with van der Waals surface area (Å²) in [5, 5.41) is 15.9. The van der Waals surface area contributed by atoms with E-state index in [1.54, 1.807) is 11.3 Å². The Kier molecular flexibility index (Phi) is 3.96. The Labute approximate surface area is 118 Å². The van der Waals surface area contributed by atoms with Gasteiger partial charge in [0.05, 0.1) is 11.5 Å². The fourth-order valence-corrected chi connectivity index (χ4v) is 2.68. The summed E-state index contributed by atoms with van der Waals surface area (Å²) in [6, 6.07) is 1.99. The molecule has 0 saturated heterocycles. The van der Waals surface area contributed by atoms with Crippen LogP contribution < -0.4 is 5.32 Å². The second-order valence-electron chi connectivity index (χ2n) is 3.91. The van der Waals surface area contributed by atoms with E-state index in [9.17, 15) is 10.1 Å². The van der Waals surface area contributed by atoms with Crippen LogP contribution in [0.15, 0.2) is 11.4 Å². The van der Waals surface area contributed by atoms with Crippen molar-refractivity contribution in [1.29, 1.82) is 0 Å². The van der Waals surface area contributed by atoms with Crippen molar-refractivity contribution >= 4 is 34.4 Å². The number of aromatic nitrogens is 2.